The molecule has 100 valence electrons. The van der Waals surface area contributed by atoms with Crippen molar-refractivity contribution < 1.29 is 0 Å². The number of benzene rings is 1. The fraction of sp³-hybridized carbons (Fsp3) is 0.250. The number of isothiocyanates is 1. The van der Waals surface area contributed by atoms with Gasteiger partial charge in [0.05, 0.1) is 5.16 Å². The average molecular weight is 281 g/mol. The molecule has 0 N–H and O–H groups in total. The van der Waals surface area contributed by atoms with Crippen LogP contribution in [-0.2, 0) is 5.41 Å². The monoisotopic (exact) mass is 281 g/mol. The van der Waals surface area contributed by atoms with Crippen LogP contribution in [0.15, 0.2) is 47.6 Å². The van der Waals surface area contributed by atoms with E-state index in [0.717, 1.165) is 18.1 Å². The molecule has 0 saturated carbocycles. The molecule has 2 aromatic rings. The molecule has 3 nitrogen and oxygen atoms in total. The van der Waals surface area contributed by atoms with Crippen LogP contribution in [0, 0.1) is 0 Å². The molecule has 0 atom stereocenters. The van der Waals surface area contributed by atoms with Gasteiger partial charge in [-0.1, -0.05) is 32.0 Å². The number of aliphatic imine (C=N–C) groups is 1. The van der Waals surface area contributed by atoms with Crippen molar-refractivity contribution in [3.63, 3.8) is 0 Å². The normalized spacial score (nSPS) is 15.6. The summed E-state index contributed by atoms with van der Waals surface area (Å²) in [6, 6.07) is 12.2. The summed E-state index contributed by atoms with van der Waals surface area (Å²) in [6.07, 6.45) is 1.78. The van der Waals surface area contributed by atoms with E-state index in [1.807, 2.05) is 12.1 Å². The lowest BCUT2D eigenvalue weighted by atomic mass is 9.87. The van der Waals surface area contributed by atoms with Gasteiger partial charge in [0.1, 0.15) is 5.69 Å². The molecule has 1 aromatic carbocycles. The highest BCUT2D eigenvalue weighted by Gasteiger charge is 2.36. The topological polar surface area (TPSA) is 28.5 Å². The molecule has 1 aliphatic heterocycles. The van der Waals surface area contributed by atoms with Crippen LogP contribution in [0.5, 0.6) is 0 Å². The zero-order valence-corrected chi connectivity index (χ0v) is 12.3. The first-order valence-electron chi connectivity index (χ1n) is 6.53. The molecule has 0 saturated heterocycles. The van der Waals surface area contributed by atoms with E-state index in [0.29, 0.717) is 0 Å². The van der Waals surface area contributed by atoms with E-state index in [-0.39, 0.29) is 5.41 Å². The van der Waals surface area contributed by atoms with Gasteiger partial charge in [-0.15, -0.1) is 0 Å². The molecule has 3 rings (SSSR count). The summed E-state index contributed by atoms with van der Waals surface area (Å²) < 4.78 is 0. The largest absolute Gasteiger partial charge is 0.323 e. The van der Waals surface area contributed by atoms with Crippen LogP contribution >= 0.6 is 12.2 Å². The fourth-order valence-electron chi connectivity index (χ4n) is 2.77. The van der Waals surface area contributed by atoms with Crippen LogP contribution in [-0.4, -0.2) is 16.7 Å². The molecular weight excluding hydrogens is 266 g/mol. The summed E-state index contributed by atoms with van der Waals surface area (Å²) in [4.78, 5) is 10.8. The Morgan fingerprint density at radius 1 is 1.25 bits per heavy atom. The van der Waals surface area contributed by atoms with Crippen molar-refractivity contribution in [2.75, 3.05) is 11.4 Å². The number of fused-ring (bicyclic) bond motifs is 1. The third-order valence-corrected chi connectivity index (χ3v) is 3.76. The third kappa shape index (κ3) is 2.03. The Hall–Kier alpha value is -2.03. The van der Waals surface area contributed by atoms with E-state index >= 15 is 0 Å². The van der Waals surface area contributed by atoms with Crippen molar-refractivity contribution in [3.8, 4) is 0 Å². The van der Waals surface area contributed by atoms with Crippen LogP contribution < -0.4 is 4.90 Å². The van der Waals surface area contributed by atoms with Gasteiger partial charge >= 0.3 is 0 Å². The highest BCUT2D eigenvalue weighted by Crippen LogP contribution is 2.45. The molecule has 0 radical (unpaired) electrons. The van der Waals surface area contributed by atoms with Gasteiger partial charge in [0, 0.05) is 23.8 Å². The number of hydrogen-bond donors (Lipinski definition) is 0. The molecule has 0 amide bonds. The Bertz CT molecular complexity index is 702. The Morgan fingerprint density at radius 3 is 2.85 bits per heavy atom. The number of hydrogen-bond acceptors (Lipinski definition) is 4. The third-order valence-electron chi connectivity index (χ3n) is 3.67. The van der Waals surface area contributed by atoms with Crippen LogP contribution in [0.2, 0.25) is 0 Å². The second-order valence-electron chi connectivity index (χ2n) is 5.54. The van der Waals surface area contributed by atoms with E-state index in [9.17, 15) is 0 Å². The van der Waals surface area contributed by atoms with Crippen LogP contribution in [0.4, 0.5) is 17.2 Å². The lowest BCUT2D eigenvalue weighted by molar-refractivity contribution is 0.568. The molecule has 20 heavy (non-hydrogen) atoms. The minimum Gasteiger partial charge on any atom is -0.323 e. The Morgan fingerprint density at radius 2 is 2.05 bits per heavy atom. The first kappa shape index (κ1) is 13.0. The first-order chi connectivity index (χ1) is 9.63. The van der Waals surface area contributed by atoms with Crippen molar-refractivity contribution in [2.24, 2.45) is 4.99 Å². The number of rotatable bonds is 2. The van der Waals surface area contributed by atoms with Crippen molar-refractivity contribution in [1.29, 1.82) is 0 Å². The maximum absolute atomic E-state index is 4.73. The number of nitrogens with zero attached hydrogens (tertiary/aromatic N) is 3. The highest BCUT2D eigenvalue weighted by molar-refractivity contribution is 7.78. The second-order valence-corrected chi connectivity index (χ2v) is 5.72. The van der Waals surface area contributed by atoms with Gasteiger partial charge in [0.2, 0.25) is 0 Å². The van der Waals surface area contributed by atoms with Crippen LogP contribution in [0.25, 0.3) is 0 Å². The van der Waals surface area contributed by atoms with E-state index in [1.54, 1.807) is 6.20 Å². The lowest BCUT2D eigenvalue weighted by Gasteiger charge is -2.22. The van der Waals surface area contributed by atoms with Gasteiger partial charge in [-0.3, -0.25) is 0 Å². The summed E-state index contributed by atoms with van der Waals surface area (Å²) in [5, 5.41) is 2.43. The summed E-state index contributed by atoms with van der Waals surface area (Å²) in [7, 11) is 0. The molecule has 4 heteroatoms. The molecular formula is C16H15N3S. The standard InChI is InChI=1S/C16H15N3S/c1-16(2)10-19(14-8-4-3-6-12(14)16)15-13(18-11-20)7-5-9-17-15/h3-9H,10H2,1-2H3. The first-order valence-corrected chi connectivity index (χ1v) is 6.94. The van der Waals surface area contributed by atoms with E-state index in [1.165, 1.54) is 11.3 Å². The lowest BCUT2D eigenvalue weighted by Crippen LogP contribution is -2.25. The molecule has 0 fully saturated rings. The maximum atomic E-state index is 4.73. The number of anilines is 2. The van der Waals surface area contributed by atoms with Crippen molar-refractivity contribution in [2.45, 2.75) is 19.3 Å². The number of thiocarbonyl (C=S) groups is 1. The Labute approximate surface area is 124 Å². The predicted molar refractivity (Wildman–Crippen MR) is 85.4 cm³/mol. The molecule has 0 bridgehead atoms. The molecule has 0 aliphatic carbocycles. The molecule has 0 spiro atoms. The minimum absolute atomic E-state index is 0.0901. The smallest absolute Gasteiger partial charge is 0.159 e. The number of pyridine rings is 1. The minimum atomic E-state index is 0.0901. The van der Waals surface area contributed by atoms with Crippen molar-refractivity contribution >= 4 is 34.6 Å². The maximum Gasteiger partial charge on any atom is 0.159 e. The quantitative estimate of drug-likeness (QED) is 0.608. The van der Waals surface area contributed by atoms with Gasteiger partial charge < -0.3 is 4.90 Å². The van der Waals surface area contributed by atoms with Gasteiger partial charge in [0.15, 0.2) is 5.82 Å². The average Bonchev–Trinajstić information content (AvgIpc) is 2.72. The number of aromatic nitrogens is 1. The zero-order chi connectivity index (χ0) is 14.2. The zero-order valence-electron chi connectivity index (χ0n) is 11.5. The van der Waals surface area contributed by atoms with Gasteiger partial charge in [-0.05, 0) is 36.0 Å². The van der Waals surface area contributed by atoms with Crippen LogP contribution in [0.1, 0.15) is 19.4 Å². The van der Waals surface area contributed by atoms with Gasteiger partial charge in [-0.2, -0.15) is 4.99 Å². The molecule has 1 aromatic heterocycles. The van der Waals surface area contributed by atoms with Crippen molar-refractivity contribution in [3.05, 3.63) is 48.2 Å². The van der Waals surface area contributed by atoms with Gasteiger partial charge in [-0.25, -0.2) is 4.98 Å². The van der Waals surface area contributed by atoms with E-state index in [2.05, 4.69) is 58.2 Å². The Kier molecular flexibility index (Phi) is 3.13. The molecule has 2 heterocycles. The second kappa shape index (κ2) is 4.82. The van der Waals surface area contributed by atoms with Crippen molar-refractivity contribution in [1.82, 2.24) is 4.98 Å². The summed E-state index contributed by atoms with van der Waals surface area (Å²) in [6.45, 7) is 5.37. The van der Waals surface area contributed by atoms with E-state index in [4.69, 9.17) is 12.2 Å². The SMILES string of the molecule is CC1(C)CN(c2ncccc2N=C=S)c2ccccc21. The van der Waals surface area contributed by atoms with Gasteiger partial charge in [0.25, 0.3) is 0 Å². The molecule has 1 aliphatic rings. The highest BCUT2D eigenvalue weighted by atomic mass is 32.1. The predicted octanol–water partition coefficient (Wildman–Crippen LogP) is 4.25. The molecule has 0 unspecified atom stereocenters. The van der Waals surface area contributed by atoms with E-state index < -0.39 is 0 Å². The summed E-state index contributed by atoms with van der Waals surface area (Å²) >= 11 is 4.73. The summed E-state index contributed by atoms with van der Waals surface area (Å²) in [5.74, 6) is 0.836. The van der Waals surface area contributed by atoms with Crippen LogP contribution in [0.3, 0.4) is 0 Å². The summed E-state index contributed by atoms with van der Waals surface area (Å²) in [5.41, 5.74) is 3.38. The fourth-order valence-corrected chi connectivity index (χ4v) is 2.87. The number of para-hydroxylation sites is 1. The Balaban J connectivity index is 2.16.